The first-order chi connectivity index (χ1) is 10.0. The molecule has 0 radical (unpaired) electrons. The number of methoxy groups -OCH3 is 1. The van der Waals surface area contributed by atoms with Gasteiger partial charge < -0.3 is 10.1 Å². The summed E-state index contributed by atoms with van der Waals surface area (Å²) < 4.78 is 5.34. The first-order valence-electron chi connectivity index (χ1n) is 6.94. The van der Waals surface area contributed by atoms with E-state index in [4.69, 9.17) is 10.00 Å². The summed E-state index contributed by atoms with van der Waals surface area (Å²) in [6, 6.07) is 11.9. The summed E-state index contributed by atoms with van der Waals surface area (Å²) >= 11 is 0. The standard InChI is InChI=1S/C18H20N2O/c1-12-7-13(2)16(14(3)8-12)11-20-17-6-5-15(10-19)9-18(17)21-4/h5-9,20H,11H2,1-4H3. The molecule has 1 N–H and O–H groups in total. The molecule has 2 aromatic carbocycles. The van der Waals surface area contributed by atoms with Crippen LogP contribution in [0.5, 0.6) is 5.75 Å². The Balaban J connectivity index is 2.23. The molecule has 3 heteroatoms. The molecule has 2 rings (SSSR count). The quantitative estimate of drug-likeness (QED) is 0.917. The van der Waals surface area contributed by atoms with Crippen molar-refractivity contribution in [2.24, 2.45) is 0 Å². The molecule has 0 fully saturated rings. The van der Waals surface area contributed by atoms with E-state index in [0.29, 0.717) is 11.3 Å². The molecule has 0 amide bonds. The van der Waals surface area contributed by atoms with E-state index in [1.54, 1.807) is 19.2 Å². The minimum Gasteiger partial charge on any atom is -0.495 e. The Morgan fingerprint density at radius 2 is 1.76 bits per heavy atom. The van der Waals surface area contributed by atoms with Crippen LogP contribution in [0.1, 0.15) is 27.8 Å². The van der Waals surface area contributed by atoms with E-state index in [-0.39, 0.29) is 0 Å². The van der Waals surface area contributed by atoms with Crippen LogP contribution in [0, 0.1) is 32.1 Å². The highest BCUT2D eigenvalue weighted by Gasteiger charge is 2.07. The Labute approximate surface area is 126 Å². The lowest BCUT2D eigenvalue weighted by Crippen LogP contribution is -2.05. The maximum absolute atomic E-state index is 8.93. The molecule has 3 nitrogen and oxygen atoms in total. The summed E-state index contributed by atoms with van der Waals surface area (Å²) in [5, 5.41) is 12.3. The second-order valence-corrected chi connectivity index (χ2v) is 5.26. The van der Waals surface area contributed by atoms with Gasteiger partial charge in [-0.3, -0.25) is 0 Å². The third kappa shape index (κ3) is 3.35. The zero-order valence-electron chi connectivity index (χ0n) is 12.9. The van der Waals surface area contributed by atoms with E-state index < -0.39 is 0 Å². The van der Waals surface area contributed by atoms with Crippen LogP contribution in [0.4, 0.5) is 5.69 Å². The molecule has 21 heavy (non-hydrogen) atoms. The van der Waals surface area contributed by atoms with Gasteiger partial charge in [0.15, 0.2) is 0 Å². The Morgan fingerprint density at radius 1 is 1.10 bits per heavy atom. The van der Waals surface area contributed by atoms with Crippen molar-refractivity contribution in [3.05, 3.63) is 58.1 Å². The van der Waals surface area contributed by atoms with E-state index in [2.05, 4.69) is 44.3 Å². The fourth-order valence-corrected chi connectivity index (χ4v) is 2.58. The lowest BCUT2D eigenvalue weighted by Gasteiger charge is -2.15. The van der Waals surface area contributed by atoms with Gasteiger partial charge in [0.2, 0.25) is 0 Å². The first kappa shape index (κ1) is 14.9. The van der Waals surface area contributed by atoms with Crippen LogP contribution in [0.25, 0.3) is 0 Å². The molecule has 0 aliphatic carbocycles. The Bertz CT molecular complexity index is 676. The largest absolute Gasteiger partial charge is 0.495 e. The average Bonchev–Trinajstić information content (AvgIpc) is 2.46. The van der Waals surface area contributed by atoms with E-state index in [1.165, 1.54) is 22.3 Å². The van der Waals surface area contributed by atoms with Crippen molar-refractivity contribution in [1.82, 2.24) is 0 Å². The van der Waals surface area contributed by atoms with Crippen LogP contribution >= 0.6 is 0 Å². The van der Waals surface area contributed by atoms with Gasteiger partial charge in [0.05, 0.1) is 24.4 Å². The van der Waals surface area contributed by atoms with Crippen molar-refractivity contribution in [2.45, 2.75) is 27.3 Å². The molecule has 0 aliphatic heterocycles. The number of anilines is 1. The van der Waals surface area contributed by atoms with Gasteiger partial charge >= 0.3 is 0 Å². The highest BCUT2D eigenvalue weighted by Crippen LogP contribution is 2.27. The van der Waals surface area contributed by atoms with Crippen LogP contribution < -0.4 is 10.1 Å². The summed E-state index contributed by atoms with van der Waals surface area (Å²) in [6.07, 6.45) is 0. The highest BCUT2D eigenvalue weighted by molar-refractivity contribution is 5.60. The number of hydrogen-bond donors (Lipinski definition) is 1. The number of rotatable bonds is 4. The monoisotopic (exact) mass is 280 g/mol. The van der Waals surface area contributed by atoms with Gasteiger partial charge in [-0.2, -0.15) is 5.26 Å². The van der Waals surface area contributed by atoms with E-state index >= 15 is 0 Å². The SMILES string of the molecule is COc1cc(C#N)ccc1NCc1c(C)cc(C)cc1C. The highest BCUT2D eigenvalue weighted by atomic mass is 16.5. The average molecular weight is 280 g/mol. The number of hydrogen-bond acceptors (Lipinski definition) is 3. The summed E-state index contributed by atoms with van der Waals surface area (Å²) in [5.41, 5.74) is 6.65. The predicted octanol–water partition coefficient (Wildman–Crippen LogP) is 4.10. The van der Waals surface area contributed by atoms with Gasteiger partial charge in [0.1, 0.15) is 5.75 Å². The third-order valence-corrected chi connectivity index (χ3v) is 3.63. The molecule has 0 atom stereocenters. The molecule has 0 spiro atoms. The van der Waals surface area contributed by atoms with Crippen LogP contribution in [-0.2, 0) is 6.54 Å². The van der Waals surface area contributed by atoms with Gasteiger partial charge in [-0.15, -0.1) is 0 Å². The minimum absolute atomic E-state index is 0.597. The number of nitrogens with one attached hydrogen (secondary N) is 1. The topological polar surface area (TPSA) is 45.0 Å². The zero-order valence-corrected chi connectivity index (χ0v) is 12.9. The number of nitriles is 1. The molecule has 0 unspecified atom stereocenters. The lowest BCUT2D eigenvalue weighted by atomic mass is 10.00. The van der Waals surface area contributed by atoms with Crippen molar-refractivity contribution >= 4 is 5.69 Å². The summed E-state index contributed by atoms with van der Waals surface area (Å²) in [6.45, 7) is 7.11. The molecule has 0 saturated carbocycles. The Kier molecular flexibility index (Phi) is 4.49. The van der Waals surface area contributed by atoms with Crippen molar-refractivity contribution in [1.29, 1.82) is 5.26 Å². The van der Waals surface area contributed by atoms with Gasteiger partial charge in [-0.25, -0.2) is 0 Å². The maximum atomic E-state index is 8.93. The van der Waals surface area contributed by atoms with Gasteiger partial charge in [-0.05, 0) is 49.6 Å². The van der Waals surface area contributed by atoms with Crippen LogP contribution in [-0.4, -0.2) is 7.11 Å². The number of ether oxygens (including phenoxy) is 1. The number of aryl methyl sites for hydroxylation is 3. The number of benzene rings is 2. The second kappa shape index (κ2) is 6.32. The molecule has 2 aromatic rings. The molecular formula is C18H20N2O. The van der Waals surface area contributed by atoms with Crippen molar-refractivity contribution in [2.75, 3.05) is 12.4 Å². The van der Waals surface area contributed by atoms with Crippen LogP contribution in [0.3, 0.4) is 0 Å². The van der Waals surface area contributed by atoms with Gasteiger partial charge in [0.25, 0.3) is 0 Å². The molecular weight excluding hydrogens is 260 g/mol. The van der Waals surface area contributed by atoms with E-state index in [0.717, 1.165) is 12.2 Å². The molecule has 0 heterocycles. The Hall–Kier alpha value is -2.47. The fourth-order valence-electron chi connectivity index (χ4n) is 2.58. The maximum Gasteiger partial charge on any atom is 0.143 e. The Morgan fingerprint density at radius 3 is 2.33 bits per heavy atom. The number of nitrogens with zero attached hydrogens (tertiary/aromatic N) is 1. The molecule has 0 aliphatic rings. The van der Waals surface area contributed by atoms with Gasteiger partial charge in [-0.1, -0.05) is 17.7 Å². The molecule has 0 saturated heterocycles. The third-order valence-electron chi connectivity index (χ3n) is 3.63. The van der Waals surface area contributed by atoms with Crippen molar-refractivity contribution in [3.63, 3.8) is 0 Å². The molecule has 0 aromatic heterocycles. The summed E-state index contributed by atoms with van der Waals surface area (Å²) in [4.78, 5) is 0. The van der Waals surface area contributed by atoms with Crippen LogP contribution in [0.2, 0.25) is 0 Å². The van der Waals surface area contributed by atoms with E-state index in [9.17, 15) is 0 Å². The van der Waals surface area contributed by atoms with Gasteiger partial charge in [0, 0.05) is 12.6 Å². The fraction of sp³-hybridized carbons (Fsp3) is 0.278. The van der Waals surface area contributed by atoms with Crippen molar-refractivity contribution < 1.29 is 4.74 Å². The second-order valence-electron chi connectivity index (χ2n) is 5.26. The lowest BCUT2D eigenvalue weighted by molar-refractivity contribution is 0.416. The molecule has 108 valence electrons. The summed E-state index contributed by atoms with van der Waals surface area (Å²) in [5.74, 6) is 0.691. The predicted molar refractivity (Wildman–Crippen MR) is 85.7 cm³/mol. The van der Waals surface area contributed by atoms with E-state index in [1.807, 2.05) is 6.07 Å². The molecule has 0 bridgehead atoms. The normalized spacial score (nSPS) is 10.0. The minimum atomic E-state index is 0.597. The summed E-state index contributed by atoms with van der Waals surface area (Å²) in [7, 11) is 1.62. The first-order valence-corrected chi connectivity index (χ1v) is 6.94. The zero-order chi connectivity index (χ0) is 15.4. The smallest absolute Gasteiger partial charge is 0.143 e. The van der Waals surface area contributed by atoms with Crippen LogP contribution in [0.15, 0.2) is 30.3 Å². The van der Waals surface area contributed by atoms with Crippen molar-refractivity contribution in [3.8, 4) is 11.8 Å².